The van der Waals surface area contributed by atoms with E-state index in [0.29, 0.717) is 17.3 Å². The smallest absolute Gasteiger partial charge is 0.251 e. The van der Waals surface area contributed by atoms with Gasteiger partial charge in [-0.25, -0.2) is 0 Å². The van der Waals surface area contributed by atoms with Crippen molar-refractivity contribution in [2.45, 2.75) is 25.3 Å². The summed E-state index contributed by atoms with van der Waals surface area (Å²) in [4.78, 5) is 11.6. The number of nitrogen functional groups attached to an aromatic ring is 1. The molecule has 3 N–H and O–H groups in total. The second-order valence-corrected chi connectivity index (χ2v) is 3.66. The van der Waals surface area contributed by atoms with Crippen LogP contribution >= 0.6 is 0 Å². The Balaban J connectivity index is 2.02. The standard InChI is InChI=1S/C11H13N2O/c12-9-4-1-3-8(7-9)11(14)13-10-5-2-6-10/h3-4,7,10H,2,5-6,12H2,(H,13,14). The van der Waals surface area contributed by atoms with Gasteiger partial charge in [-0.2, -0.15) is 0 Å². The minimum atomic E-state index is -0.0433. The van der Waals surface area contributed by atoms with Gasteiger partial charge in [0.2, 0.25) is 0 Å². The third kappa shape index (κ3) is 1.87. The van der Waals surface area contributed by atoms with E-state index in [0.717, 1.165) is 12.8 Å². The van der Waals surface area contributed by atoms with Gasteiger partial charge in [0.15, 0.2) is 0 Å². The maximum Gasteiger partial charge on any atom is 0.251 e. The molecule has 0 spiro atoms. The summed E-state index contributed by atoms with van der Waals surface area (Å²) >= 11 is 0. The van der Waals surface area contributed by atoms with Crippen LogP contribution in [0.25, 0.3) is 0 Å². The fourth-order valence-electron chi connectivity index (χ4n) is 1.44. The highest BCUT2D eigenvalue weighted by atomic mass is 16.1. The Bertz CT molecular complexity index is 345. The van der Waals surface area contributed by atoms with E-state index in [1.54, 1.807) is 18.2 Å². The van der Waals surface area contributed by atoms with E-state index < -0.39 is 0 Å². The summed E-state index contributed by atoms with van der Waals surface area (Å²) in [6, 6.07) is 8.18. The quantitative estimate of drug-likeness (QED) is 0.690. The van der Waals surface area contributed by atoms with Crippen LogP contribution in [0.4, 0.5) is 5.69 Å². The lowest BCUT2D eigenvalue weighted by atomic mass is 9.93. The molecule has 1 aliphatic carbocycles. The molecule has 1 aromatic carbocycles. The number of carbonyl (C=O) groups is 1. The van der Waals surface area contributed by atoms with Crippen LogP contribution in [0.5, 0.6) is 0 Å². The Morgan fingerprint density at radius 1 is 1.50 bits per heavy atom. The summed E-state index contributed by atoms with van der Waals surface area (Å²) < 4.78 is 0. The first-order valence-corrected chi connectivity index (χ1v) is 4.83. The average molecular weight is 189 g/mol. The molecular formula is C11H13N2O. The molecule has 1 aliphatic rings. The van der Waals surface area contributed by atoms with Crippen LogP contribution in [0.1, 0.15) is 29.6 Å². The van der Waals surface area contributed by atoms with Crippen LogP contribution in [0, 0.1) is 6.07 Å². The van der Waals surface area contributed by atoms with Crippen molar-refractivity contribution in [3.63, 3.8) is 0 Å². The third-order valence-electron chi connectivity index (χ3n) is 2.51. The number of rotatable bonds is 2. The van der Waals surface area contributed by atoms with Crippen LogP contribution in [0.3, 0.4) is 0 Å². The molecule has 3 nitrogen and oxygen atoms in total. The number of amides is 1. The van der Waals surface area contributed by atoms with Crippen molar-refractivity contribution in [1.82, 2.24) is 5.32 Å². The van der Waals surface area contributed by atoms with Gasteiger partial charge in [-0.1, -0.05) is 0 Å². The van der Waals surface area contributed by atoms with Crippen molar-refractivity contribution in [3.8, 4) is 0 Å². The molecule has 1 aromatic rings. The molecular weight excluding hydrogens is 176 g/mol. The fraction of sp³-hybridized carbons (Fsp3) is 0.364. The number of hydrogen-bond donors (Lipinski definition) is 2. The van der Waals surface area contributed by atoms with E-state index in [1.807, 2.05) is 0 Å². The fourth-order valence-corrected chi connectivity index (χ4v) is 1.44. The van der Waals surface area contributed by atoms with Crippen molar-refractivity contribution in [1.29, 1.82) is 0 Å². The zero-order valence-corrected chi connectivity index (χ0v) is 7.92. The summed E-state index contributed by atoms with van der Waals surface area (Å²) in [6.45, 7) is 0. The van der Waals surface area contributed by atoms with Crippen molar-refractivity contribution in [2.24, 2.45) is 0 Å². The summed E-state index contributed by atoms with van der Waals surface area (Å²) in [5.74, 6) is -0.0433. The van der Waals surface area contributed by atoms with Crippen molar-refractivity contribution >= 4 is 11.6 Å². The second kappa shape index (κ2) is 3.70. The molecule has 0 atom stereocenters. The first kappa shape index (κ1) is 9.06. The van der Waals surface area contributed by atoms with E-state index in [-0.39, 0.29) is 5.91 Å². The lowest BCUT2D eigenvalue weighted by Crippen LogP contribution is -2.39. The van der Waals surface area contributed by atoms with Gasteiger partial charge in [0.25, 0.3) is 5.91 Å². The van der Waals surface area contributed by atoms with Gasteiger partial charge < -0.3 is 11.1 Å². The molecule has 1 radical (unpaired) electrons. The van der Waals surface area contributed by atoms with Crippen molar-refractivity contribution in [3.05, 3.63) is 29.8 Å². The normalized spacial score (nSPS) is 16.0. The summed E-state index contributed by atoms with van der Waals surface area (Å²) in [7, 11) is 0. The van der Waals surface area contributed by atoms with E-state index in [1.165, 1.54) is 6.42 Å². The number of carbonyl (C=O) groups excluding carboxylic acids is 1. The van der Waals surface area contributed by atoms with E-state index in [9.17, 15) is 4.79 Å². The molecule has 14 heavy (non-hydrogen) atoms. The lowest BCUT2D eigenvalue weighted by Gasteiger charge is -2.26. The molecule has 1 saturated carbocycles. The third-order valence-corrected chi connectivity index (χ3v) is 2.51. The number of nitrogens with two attached hydrogens (primary N) is 1. The van der Waals surface area contributed by atoms with Gasteiger partial charge in [0.1, 0.15) is 0 Å². The van der Waals surface area contributed by atoms with E-state index in [2.05, 4.69) is 11.4 Å². The molecule has 2 rings (SSSR count). The summed E-state index contributed by atoms with van der Waals surface area (Å²) in [5, 5.41) is 2.95. The van der Waals surface area contributed by atoms with Gasteiger partial charge in [0, 0.05) is 17.3 Å². The Morgan fingerprint density at radius 3 is 2.86 bits per heavy atom. The Morgan fingerprint density at radius 2 is 2.29 bits per heavy atom. The van der Waals surface area contributed by atoms with Gasteiger partial charge in [-0.3, -0.25) is 4.79 Å². The minimum absolute atomic E-state index is 0.0433. The van der Waals surface area contributed by atoms with Crippen LogP contribution < -0.4 is 11.1 Å². The van der Waals surface area contributed by atoms with Crippen LogP contribution in [-0.4, -0.2) is 11.9 Å². The molecule has 0 aromatic heterocycles. The topological polar surface area (TPSA) is 55.1 Å². The second-order valence-electron chi connectivity index (χ2n) is 3.66. The molecule has 0 bridgehead atoms. The summed E-state index contributed by atoms with van der Waals surface area (Å²) in [5.41, 5.74) is 6.73. The molecule has 3 heteroatoms. The first-order valence-electron chi connectivity index (χ1n) is 4.83. The Kier molecular flexibility index (Phi) is 2.39. The van der Waals surface area contributed by atoms with Gasteiger partial charge in [-0.15, -0.1) is 0 Å². The maximum absolute atomic E-state index is 11.6. The zero-order chi connectivity index (χ0) is 9.97. The van der Waals surface area contributed by atoms with E-state index in [4.69, 9.17) is 5.73 Å². The molecule has 0 saturated heterocycles. The highest BCUT2D eigenvalue weighted by molar-refractivity contribution is 5.95. The molecule has 73 valence electrons. The van der Waals surface area contributed by atoms with Gasteiger partial charge in [-0.05, 0) is 43.5 Å². The monoisotopic (exact) mass is 189 g/mol. The minimum Gasteiger partial charge on any atom is -0.399 e. The predicted molar refractivity (Wildman–Crippen MR) is 54.8 cm³/mol. The zero-order valence-electron chi connectivity index (χ0n) is 7.92. The molecule has 1 amide bonds. The highest BCUT2D eigenvalue weighted by Crippen LogP contribution is 2.18. The summed E-state index contributed by atoms with van der Waals surface area (Å²) in [6.07, 6.45) is 3.41. The lowest BCUT2D eigenvalue weighted by molar-refractivity contribution is 0.0917. The van der Waals surface area contributed by atoms with Crippen LogP contribution in [0.15, 0.2) is 18.2 Å². The van der Waals surface area contributed by atoms with Crippen LogP contribution in [0.2, 0.25) is 0 Å². The van der Waals surface area contributed by atoms with E-state index >= 15 is 0 Å². The van der Waals surface area contributed by atoms with Crippen molar-refractivity contribution < 1.29 is 4.79 Å². The number of nitrogens with one attached hydrogen (secondary N) is 1. The van der Waals surface area contributed by atoms with Crippen molar-refractivity contribution in [2.75, 3.05) is 5.73 Å². The van der Waals surface area contributed by atoms with Gasteiger partial charge in [0.05, 0.1) is 0 Å². The number of benzene rings is 1. The molecule has 0 aliphatic heterocycles. The molecule has 1 fully saturated rings. The van der Waals surface area contributed by atoms with Crippen LogP contribution in [-0.2, 0) is 0 Å². The molecule has 0 unspecified atom stereocenters. The predicted octanol–water partition coefficient (Wildman–Crippen LogP) is 1.35. The maximum atomic E-state index is 11.6. The SMILES string of the molecule is Nc1c[c]cc(C(=O)NC2CCC2)c1. The highest BCUT2D eigenvalue weighted by Gasteiger charge is 2.19. The van der Waals surface area contributed by atoms with Gasteiger partial charge >= 0.3 is 0 Å². The molecule has 0 heterocycles. The largest absolute Gasteiger partial charge is 0.399 e. The first-order chi connectivity index (χ1) is 6.75. The number of hydrogen-bond acceptors (Lipinski definition) is 2. The Labute approximate surface area is 83.3 Å². The number of anilines is 1. The average Bonchev–Trinajstić information content (AvgIpc) is 2.11. The Hall–Kier alpha value is -1.51.